The number of aliphatic imine (C=N–C) groups is 1. The van der Waals surface area contributed by atoms with Gasteiger partial charge < -0.3 is 45.8 Å². The Morgan fingerprint density at radius 2 is 1.88 bits per heavy atom. The summed E-state index contributed by atoms with van der Waals surface area (Å²) < 4.78 is 0. The van der Waals surface area contributed by atoms with E-state index >= 15 is 0 Å². The Labute approximate surface area is 141 Å². The van der Waals surface area contributed by atoms with Gasteiger partial charge in [0, 0.05) is 6.54 Å². The molecule has 140 valence electrons. The highest BCUT2D eigenvalue weighted by atomic mass is 16.5. The van der Waals surface area contributed by atoms with Crippen LogP contribution < -0.4 is 4.90 Å². The van der Waals surface area contributed by atoms with Crippen LogP contribution in [0, 0.1) is 0 Å². The fourth-order valence-electron chi connectivity index (χ4n) is 2.54. The van der Waals surface area contributed by atoms with Crippen molar-refractivity contribution in [3.63, 3.8) is 0 Å². The summed E-state index contributed by atoms with van der Waals surface area (Å²) in [5.74, 6) is -0.489. The van der Waals surface area contributed by atoms with Crippen LogP contribution in [0.4, 0.5) is 5.82 Å². The minimum atomic E-state index is -2.72. The van der Waals surface area contributed by atoms with E-state index in [-0.39, 0.29) is 18.8 Å². The molecule has 1 unspecified atom stereocenters. The van der Waals surface area contributed by atoms with Gasteiger partial charge in [0.1, 0.15) is 17.5 Å². The molecule has 0 radical (unpaired) electrons. The lowest BCUT2D eigenvalue weighted by Crippen LogP contribution is -2.60. The number of hydrogen-bond donors (Lipinski definition) is 8. The van der Waals surface area contributed by atoms with E-state index in [9.17, 15) is 40.9 Å². The number of aromatic nitrogens is 2. The topological polar surface area (TPSA) is 203 Å². The third kappa shape index (κ3) is 3.33. The Morgan fingerprint density at radius 1 is 1.24 bits per heavy atom. The second kappa shape index (κ2) is 7.23. The molecule has 0 amide bonds. The summed E-state index contributed by atoms with van der Waals surface area (Å²) in [7, 11) is 0. The molecule has 12 heteroatoms. The molecule has 25 heavy (non-hydrogen) atoms. The van der Waals surface area contributed by atoms with Crippen molar-refractivity contribution < 1.29 is 40.9 Å². The predicted molar refractivity (Wildman–Crippen MR) is 80.9 cm³/mol. The molecule has 1 aliphatic rings. The normalized spacial score (nSPS) is 25.8. The Hall–Kier alpha value is -1.77. The summed E-state index contributed by atoms with van der Waals surface area (Å²) in [5.41, 5.74) is -3.63. The van der Waals surface area contributed by atoms with Crippen molar-refractivity contribution in [1.29, 1.82) is 0 Å². The molecule has 0 aromatic carbocycles. The molecule has 0 spiro atoms. The van der Waals surface area contributed by atoms with Crippen LogP contribution in [0.1, 0.15) is 30.9 Å². The van der Waals surface area contributed by atoms with Crippen LogP contribution in [0.3, 0.4) is 0 Å². The fourth-order valence-corrected chi connectivity index (χ4v) is 2.54. The van der Waals surface area contributed by atoms with E-state index in [0.717, 1.165) is 11.1 Å². The third-order valence-electron chi connectivity index (χ3n) is 3.78. The third-order valence-corrected chi connectivity index (χ3v) is 3.78. The van der Waals surface area contributed by atoms with Gasteiger partial charge >= 0.3 is 0 Å². The highest BCUT2D eigenvalue weighted by molar-refractivity contribution is 5.97. The molecule has 12 nitrogen and oxygen atoms in total. The van der Waals surface area contributed by atoms with Gasteiger partial charge in [-0.2, -0.15) is 0 Å². The van der Waals surface area contributed by atoms with Gasteiger partial charge in [0.15, 0.2) is 18.4 Å². The van der Waals surface area contributed by atoms with Crippen molar-refractivity contribution in [2.75, 3.05) is 18.0 Å². The van der Waals surface area contributed by atoms with E-state index in [1.807, 2.05) is 0 Å². The van der Waals surface area contributed by atoms with Gasteiger partial charge in [0.05, 0.1) is 18.5 Å². The van der Waals surface area contributed by atoms with E-state index in [4.69, 9.17) is 0 Å². The summed E-state index contributed by atoms with van der Waals surface area (Å²) in [6.07, 6.45) is -7.66. The molecule has 1 fully saturated rings. The number of rotatable bonds is 5. The first-order chi connectivity index (χ1) is 11.6. The first kappa shape index (κ1) is 19.6. The average molecular weight is 360 g/mol. The summed E-state index contributed by atoms with van der Waals surface area (Å²) in [5, 5.41) is 77.4. The van der Waals surface area contributed by atoms with Gasteiger partial charge in [-0.1, -0.05) is 0 Å². The first-order valence-electron chi connectivity index (χ1n) is 7.31. The van der Waals surface area contributed by atoms with Crippen molar-refractivity contribution in [2.45, 2.75) is 37.6 Å². The molecule has 0 aliphatic carbocycles. The Bertz CT molecular complexity index is 653. The van der Waals surface area contributed by atoms with Gasteiger partial charge in [-0.05, 0) is 6.92 Å². The minimum absolute atomic E-state index is 0.00627. The molecule has 2 heterocycles. The Kier molecular flexibility index (Phi) is 5.65. The quantitative estimate of drug-likeness (QED) is 0.238. The van der Waals surface area contributed by atoms with Crippen LogP contribution >= 0.6 is 0 Å². The summed E-state index contributed by atoms with van der Waals surface area (Å²) >= 11 is 0. The van der Waals surface area contributed by atoms with Crippen molar-refractivity contribution in [1.82, 2.24) is 9.97 Å². The fraction of sp³-hybridized carbons (Fsp3) is 0.615. The van der Waals surface area contributed by atoms with Gasteiger partial charge in [-0.15, -0.1) is 0 Å². The monoisotopic (exact) mass is 360 g/mol. The molecule has 0 bridgehead atoms. The largest absolute Gasteiger partial charge is 0.382 e. The van der Waals surface area contributed by atoms with E-state index in [0.29, 0.717) is 0 Å². The molecule has 1 aromatic heterocycles. The Balaban J connectivity index is 2.65. The molecule has 1 aliphatic heterocycles. The summed E-state index contributed by atoms with van der Waals surface area (Å²) in [6, 6.07) is 0. The average Bonchev–Trinajstić information content (AvgIpc) is 2.80. The smallest absolute Gasteiger partial charge is 0.223 e. The van der Waals surface area contributed by atoms with Crippen LogP contribution in [0.25, 0.3) is 0 Å². The van der Waals surface area contributed by atoms with Crippen molar-refractivity contribution in [2.24, 2.45) is 4.99 Å². The van der Waals surface area contributed by atoms with E-state index in [1.54, 1.807) is 6.92 Å². The highest BCUT2D eigenvalue weighted by Crippen LogP contribution is 2.35. The lowest BCUT2D eigenvalue weighted by molar-refractivity contribution is -0.204. The standard InChI is InChI=1S/C13H20N4O8/c1-2-14-6-4-17(13(25,8(6)18)12(23)24)9-7(11(21)22)15-3-5(16-9)10(19)20/h3,8,10-12,18-25H,2,4H2,1H3/t8-,13?/m1/s1. The molecule has 2 atom stereocenters. The zero-order valence-electron chi connectivity index (χ0n) is 13.2. The molecule has 1 aromatic rings. The SMILES string of the molecule is CCN=C1CN(c2nc(C(O)O)cnc2C(O)O)C(O)(C(O)O)[C@@H]1O. The van der Waals surface area contributed by atoms with Gasteiger partial charge in [0.2, 0.25) is 12.0 Å². The maximum atomic E-state index is 10.6. The molecule has 2 rings (SSSR count). The number of nitrogens with zero attached hydrogens (tertiary/aromatic N) is 4. The van der Waals surface area contributed by atoms with Crippen LogP contribution in [-0.4, -0.2) is 87.7 Å². The lowest BCUT2D eigenvalue weighted by atomic mass is 10.1. The van der Waals surface area contributed by atoms with Gasteiger partial charge in [0.25, 0.3) is 0 Å². The van der Waals surface area contributed by atoms with E-state index < -0.39 is 47.9 Å². The molecule has 0 saturated carbocycles. The second-order valence-corrected chi connectivity index (χ2v) is 5.36. The molecule has 1 saturated heterocycles. The zero-order valence-corrected chi connectivity index (χ0v) is 13.2. The maximum Gasteiger partial charge on any atom is 0.223 e. The van der Waals surface area contributed by atoms with Crippen LogP contribution in [0.15, 0.2) is 11.2 Å². The van der Waals surface area contributed by atoms with E-state index in [2.05, 4.69) is 15.0 Å². The second-order valence-electron chi connectivity index (χ2n) is 5.36. The van der Waals surface area contributed by atoms with E-state index in [1.165, 1.54) is 0 Å². The maximum absolute atomic E-state index is 10.6. The van der Waals surface area contributed by atoms with Crippen molar-refractivity contribution in [3.8, 4) is 0 Å². The van der Waals surface area contributed by atoms with Gasteiger partial charge in [-0.25, -0.2) is 9.97 Å². The zero-order chi connectivity index (χ0) is 18.9. The minimum Gasteiger partial charge on any atom is -0.382 e. The number of hydrogen-bond acceptors (Lipinski definition) is 12. The number of aliphatic hydroxyl groups is 8. The molecular formula is C13H20N4O8. The molecule has 8 N–H and O–H groups in total. The lowest BCUT2D eigenvalue weighted by Gasteiger charge is -2.37. The summed E-state index contributed by atoms with van der Waals surface area (Å²) in [6.45, 7) is 1.54. The predicted octanol–water partition coefficient (Wildman–Crippen LogP) is -3.92. The van der Waals surface area contributed by atoms with Crippen LogP contribution in [0.2, 0.25) is 0 Å². The van der Waals surface area contributed by atoms with Crippen molar-refractivity contribution >= 4 is 11.5 Å². The molecular weight excluding hydrogens is 340 g/mol. The number of aliphatic hydroxyl groups excluding tert-OH is 4. The first-order valence-corrected chi connectivity index (χ1v) is 7.31. The highest BCUT2D eigenvalue weighted by Gasteiger charge is 2.56. The van der Waals surface area contributed by atoms with Crippen LogP contribution in [0.5, 0.6) is 0 Å². The Morgan fingerprint density at radius 3 is 2.36 bits per heavy atom. The van der Waals surface area contributed by atoms with Gasteiger partial charge in [-0.3, -0.25) is 4.99 Å². The summed E-state index contributed by atoms with van der Waals surface area (Å²) in [4.78, 5) is 12.1. The van der Waals surface area contributed by atoms with Crippen molar-refractivity contribution in [3.05, 3.63) is 17.6 Å². The number of anilines is 1. The van der Waals surface area contributed by atoms with Crippen LogP contribution in [-0.2, 0) is 0 Å².